The van der Waals surface area contributed by atoms with Crippen molar-refractivity contribution in [3.8, 4) is 11.5 Å². The van der Waals surface area contributed by atoms with Gasteiger partial charge >= 0.3 is 0 Å². The summed E-state index contributed by atoms with van der Waals surface area (Å²) in [4.78, 5) is 24.8. The Morgan fingerprint density at radius 1 is 1.22 bits per heavy atom. The predicted molar refractivity (Wildman–Crippen MR) is 103 cm³/mol. The molecule has 0 atom stereocenters. The molecule has 0 bridgehead atoms. The summed E-state index contributed by atoms with van der Waals surface area (Å²) >= 11 is 0. The third-order valence-electron chi connectivity index (χ3n) is 5.45. The van der Waals surface area contributed by atoms with Crippen LogP contribution in [0.3, 0.4) is 0 Å². The number of hydrogen-bond acceptors (Lipinski definition) is 6. The molecule has 3 heterocycles. The first kappa shape index (κ1) is 17.9. The molecule has 7 nitrogen and oxygen atoms in total. The largest absolute Gasteiger partial charge is 0.504 e. The lowest BCUT2D eigenvalue weighted by molar-refractivity contribution is 0.240. The molecular formula is C20H26N4O3. The second kappa shape index (κ2) is 7.60. The fourth-order valence-corrected chi connectivity index (χ4v) is 3.95. The number of H-pyrrole nitrogens is 1. The molecule has 2 aliphatic rings. The van der Waals surface area contributed by atoms with Crippen LogP contribution in [0.4, 0.5) is 5.95 Å². The molecule has 1 aromatic carbocycles. The molecule has 2 aliphatic heterocycles. The number of ether oxygens (including phenoxy) is 1. The molecule has 27 heavy (non-hydrogen) atoms. The van der Waals surface area contributed by atoms with Gasteiger partial charge < -0.3 is 14.7 Å². The molecule has 0 aliphatic carbocycles. The number of aromatic hydroxyl groups is 1. The number of aromatic amines is 1. The third kappa shape index (κ3) is 3.78. The van der Waals surface area contributed by atoms with Gasteiger partial charge in [-0.15, -0.1) is 0 Å². The second-order valence-electron chi connectivity index (χ2n) is 7.33. The van der Waals surface area contributed by atoms with Gasteiger partial charge in [0.1, 0.15) is 0 Å². The van der Waals surface area contributed by atoms with Gasteiger partial charge in [0.25, 0.3) is 5.56 Å². The van der Waals surface area contributed by atoms with Crippen LogP contribution in [-0.4, -0.2) is 46.7 Å². The molecule has 1 aromatic heterocycles. The van der Waals surface area contributed by atoms with Gasteiger partial charge in [0.2, 0.25) is 5.95 Å². The van der Waals surface area contributed by atoms with Crippen molar-refractivity contribution in [2.45, 2.75) is 38.8 Å². The van der Waals surface area contributed by atoms with Crippen LogP contribution in [0.2, 0.25) is 0 Å². The topological polar surface area (TPSA) is 81.7 Å². The number of aromatic nitrogens is 2. The SMILES string of the molecule is COc1cc(CN2CCc3c(nc(N4CCCCC4)[nH]c3=O)C2)ccc1O. The van der Waals surface area contributed by atoms with Gasteiger partial charge in [0.15, 0.2) is 11.5 Å². The zero-order valence-electron chi connectivity index (χ0n) is 15.7. The van der Waals surface area contributed by atoms with Crippen molar-refractivity contribution in [1.82, 2.24) is 14.9 Å². The fourth-order valence-electron chi connectivity index (χ4n) is 3.95. The highest BCUT2D eigenvalue weighted by atomic mass is 16.5. The van der Waals surface area contributed by atoms with Crippen molar-refractivity contribution < 1.29 is 9.84 Å². The summed E-state index contributed by atoms with van der Waals surface area (Å²) in [5.74, 6) is 1.34. The molecular weight excluding hydrogens is 344 g/mol. The van der Waals surface area contributed by atoms with Gasteiger partial charge in [-0.05, 0) is 43.4 Å². The summed E-state index contributed by atoms with van der Waals surface area (Å²) in [6.07, 6.45) is 4.24. The maximum Gasteiger partial charge on any atom is 0.255 e. The number of rotatable bonds is 4. The maximum atomic E-state index is 12.5. The van der Waals surface area contributed by atoms with Crippen LogP contribution in [0.1, 0.15) is 36.1 Å². The predicted octanol–water partition coefficient (Wildman–Crippen LogP) is 2.03. The Morgan fingerprint density at radius 3 is 2.81 bits per heavy atom. The summed E-state index contributed by atoms with van der Waals surface area (Å²) in [7, 11) is 1.55. The van der Waals surface area contributed by atoms with Crippen LogP contribution in [0.15, 0.2) is 23.0 Å². The highest BCUT2D eigenvalue weighted by Gasteiger charge is 2.23. The Kier molecular flexibility index (Phi) is 5.03. The van der Waals surface area contributed by atoms with E-state index in [9.17, 15) is 9.90 Å². The highest BCUT2D eigenvalue weighted by Crippen LogP contribution is 2.27. The van der Waals surface area contributed by atoms with Crippen LogP contribution < -0.4 is 15.2 Å². The summed E-state index contributed by atoms with van der Waals surface area (Å²) in [6, 6.07) is 5.41. The molecule has 1 fully saturated rings. The minimum atomic E-state index is 0.00604. The Labute approximate surface area is 158 Å². The van der Waals surface area contributed by atoms with Crippen LogP contribution in [-0.2, 0) is 19.5 Å². The number of methoxy groups -OCH3 is 1. The van der Waals surface area contributed by atoms with E-state index in [1.165, 1.54) is 6.42 Å². The van der Waals surface area contributed by atoms with E-state index in [0.29, 0.717) is 24.7 Å². The maximum absolute atomic E-state index is 12.5. The minimum Gasteiger partial charge on any atom is -0.504 e. The first-order valence-electron chi connectivity index (χ1n) is 9.59. The smallest absolute Gasteiger partial charge is 0.255 e. The molecule has 0 saturated carbocycles. The van der Waals surface area contributed by atoms with Crippen molar-refractivity contribution in [3.63, 3.8) is 0 Å². The zero-order valence-corrected chi connectivity index (χ0v) is 15.7. The number of nitrogens with one attached hydrogen (secondary N) is 1. The number of nitrogens with zero attached hydrogens (tertiary/aromatic N) is 3. The van der Waals surface area contributed by atoms with Crippen LogP contribution in [0, 0.1) is 0 Å². The molecule has 4 rings (SSSR count). The Hall–Kier alpha value is -2.54. The number of hydrogen-bond donors (Lipinski definition) is 2. The van der Waals surface area contributed by atoms with E-state index in [4.69, 9.17) is 9.72 Å². The lowest BCUT2D eigenvalue weighted by Crippen LogP contribution is -2.38. The van der Waals surface area contributed by atoms with Gasteiger partial charge in [-0.2, -0.15) is 0 Å². The second-order valence-corrected chi connectivity index (χ2v) is 7.33. The number of phenolic OH excluding ortho intramolecular Hbond substituents is 1. The van der Waals surface area contributed by atoms with Crippen LogP contribution >= 0.6 is 0 Å². The average Bonchev–Trinajstić information content (AvgIpc) is 2.70. The van der Waals surface area contributed by atoms with Gasteiger partial charge in [-0.25, -0.2) is 4.98 Å². The summed E-state index contributed by atoms with van der Waals surface area (Å²) in [5.41, 5.74) is 2.77. The van der Waals surface area contributed by atoms with E-state index in [0.717, 1.165) is 55.8 Å². The molecule has 0 amide bonds. The van der Waals surface area contributed by atoms with Crippen molar-refractivity contribution in [3.05, 3.63) is 45.4 Å². The van der Waals surface area contributed by atoms with Crippen molar-refractivity contribution >= 4 is 5.95 Å². The number of fused-ring (bicyclic) bond motifs is 1. The number of piperidine rings is 1. The van der Waals surface area contributed by atoms with Gasteiger partial charge in [-0.3, -0.25) is 14.7 Å². The highest BCUT2D eigenvalue weighted by molar-refractivity contribution is 5.42. The Balaban J connectivity index is 1.53. The van der Waals surface area contributed by atoms with E-state index < -0.39 is 0 Å². The average molecular weight is 370 g/mol. The molecule has 0 radical (unpaired) electrons. The molecule has 0 unspecified atom stereocenters. The van der Waals surface area contributed by atoms with Crippen molar-refractivity contribution in [1.29, 1.82) is 0 Å². The van der Waals surface area contributed by atoms with Crippen molar-refractivity contribution in [2.75, 3.05) is 31.6 Å². The summed E-state index contributed by atoms with van der Waals surface area (Å²) in [5, 5.41) is 9.76. The zero-order chi connectivity index (χ0) is 18.8. The van der Waals surface area contributed by atoms with E-state index >= 15 is 0 Å². The Morgan fingerprint density at radius 2 is 2.04 bits per heavy atom. The number of anilines is 1. The first-order chi connectivity index (χ1) is 13.1. The van der Waals surface area contributed by atoms with Gasteiger partial charge in [0, 0.05) is 38.3 Å². The third-order valence-corrected chi connectivity index (χ3v) is 5.45. The summed E-state index contributed by atoms with van der Waals surface area (Å²) < 4.78 is 5.20. The first-order valence-corrected chi connectivity index (χ1v) is 9.59. The minimum absolute atomic E-state index is 0.00604. The molecule has 0 spiro atoms. The monoisotopic (exact) mass is 370 g/mol. The summed E-state index contributed by atoms with van der Waals surface area (Å²) in [6.45, 7) is 4.11. The fraction of sp³-hybridized carbons (Fsp3) is 0.500. The van der Waals surface area contributed by atoms with E-state index in [1.54, 1.807) is 13.2 Å². The Bertz CT molecular complexity index is 874. The van der Waals surface area contributed by atoms with Gasteiger partial charge in [0.05, 0.1) is 12.8 Å². The van der Waals surface area contributed by atoms with E-state index in [1.807, 2.05) is 12.1 Å². The number of phenols is 1. The van der Waals surface area contributed by atoms with Crippen LogP contribution in [0.5, 0.6) is 11.5 Å². The lowest BCUT2D eigenvalue weighted by Gasteiger charge is -2.31. The normalized spacial score (nSPS) is 17.6. The molecule has 7 heteroatoms. The lowest BCUT2D eigenvalue weighted by atomic mass is 10.1. The quantitative estimate of drug-likeness (QED) is 0.857. The molecule has 144 valence electrons. The van der Waals surface area contributed by atoms with Gasteiger partial charge in [-0.1, -0.05) is 6.07 Å². The van der Waals surface area contributed by atoms with Crippen LogP contribution in [0.25, 0.3) is 0 Å². The molecule has 2 aromatic rings. The van der Waals surface area contributed by atoms with E-state index in [-0.39, 0.29) is 11.3 Å². The van der Waals surface area contributed by atoms with E-state index in [2.05, 4.69) is 14.8 Å². The molecule has 2 N–H and O–H groups in total. The molecule has 1 saturated heterocycles. The standard InChI is InChI=1S/C20H26N4O3/c1-27-18-11-14(5-6-17(18)25)12-23-10-7-15-16(13-23)21-20(22-19(15)26)24-8-3-2-4-9-24/h5-6,11,25H,2-4,7-10,12-13H2,1H3,(H,21,22,26). The number of benzene rings is 1. The van der Waals surface area contributed by atoms with Crippen molar-refractivity contribution in [2.24, 2.45) is 0 Å².